The fraction of sp³-hybridized carbons (Fsp3) is 1.00. The van der Waals surface area contributed by atoms with E-state index in [1.807, 2.05) is 6.92 Å². The minimum Gasteiger partial charge on any atom is -0.393 e. The molecule has 132 valence electrons. The first-order chi connectivity index (χ1) is 10.5. The van der Waals surface area contributed by atoms with E-state index in [1.165, 1.54) is 12.8 Å². The first kappa shape index (κ1) is 16.4. The van der Waals surface area contributed by atoms with Crippen molar-refractivity contribution in [2.75, 3.05) is 0 Å². The van der Waals surface area contributed by atoms with E-state index in [0.717, 1.165) is 25.7 Å². The quantitative estimate of drug-likeness (QED) is 0.642. The van der Waals surface area contributed by atoms with Crippen LogP contribution in [-0.2, 0) is 0 Å². The van der Waals surface area contributed by atoms with E-state index in [2.05, 4.69) is 20.8 Å². The minimum absolute atomic E-state index is 0.0122. The van der Waals surface area contributed by atoms with Crippen molar-refractivity contribution in [1.29, 1.82) is 0 Å². The number of aliphatic hydroxyl groups excluding tert-OH is 2. The first-order valence-corrected chi connectivity index (χ1v) is 9.61. The molecule has 0 aromatic rings. The van der Waals surface area contributed by atoms with Crippen LogP contribution < -0.4 is 0 Å². The average Bonchev–Trinajstić information content (AvgIpc) is 2.74. The summed E-state index contributed by atoms with van der Waals surface area (Å²) < 4.78 is 0. The summed E-state index contributed by atoms with van der Waals surface area (Å²) in [4.78, 5) is 0. The Labute approximate surface area is 140 Å². The third-order valence-electron chi connectivity index (χ3n) is 8.96. The monoisotopic (exact) mass is 322 g/mol. The molecule has 4 rings (SSSR count). The maximum Gasteiger partial charge on any atom is 0.0672 e. The summed E-state index contributed by atoms with van der Waals surface area (Å²) in [5.41, 5.74) is -0.705. The summed E-state index contributed by atoms with van der Waals surface area (Å²) in [6.45, 7) is 8.91. The molecule has 4 aliphatic rings. The molecule has 3 heteroatoms. The van der Waals surface area contributed by atoms with E-state index in [4.69, 9.17) is 0 Å². The van der Waals surface area contributed by atoms with Crippen molar-refractivity contribution in [2.45, 2.75) is 90.4 Å². The topological polar surface area (TPSA) is 60.7 Å². The van der Waals surface area contributed by atoms with Gasteiger partial charge in [-0.15, -0.1) is 0 Å². The van der Waals surface area contributed by atoms with Gasteiger partial charge in [-0.3, -0.25) is 0 Å². The summed E-state index contributed by atoms with van der Waals surface area (Å²) in [5, 5.41) is 32.7. The van der Waals surface area contributed by atoms with Crippen LogP contribution in [0.1, 0.15) is 72.6 Å². The maximum absolute atomic E-state index is 11.2. The lowest BCUT2D eigenvalue weighted by atomic mass is 9.38. The van der Waals surface area contributed by atoms with Crippen LogP contribution in [0.25, 0.3) is 0 Å². The highest BCUT2D eigenvalue weighted by molar-refractivity contribution is 5.21. The molecule has 0 heterocycles. The summed E-state index contributed by atoms with van der Waals surface area (Å²) in [6.07, 6.45) is 5.92. The lowest BCUT2D eigenvalue weighted by Gasteiger charge is -2.67. The van der Waals surface area contributed by atoms with Crippen LogP contribution >= 0.6 is 0 Å². The SMILES string of the molecule is CC1(C)C[C@H](O)C[C@@]2(C)[C@H]1CC[C@H]1C[C@H]3C[C@]12C(O)C[C@]3(C)O. The van der Waals surface area contributed by atoms with E-state index >= 15 is 0 Å². The summed E-state index contributed by atoms with van der Waals surface area (Å²) >= 11 is 0. The van der Waals surface area contributed by atoms with Gasteiger partial charge in [0.2, 0.25) is 0 Å². The molecule has 0 saturated heterocycles. The van der Waals surface area contributed by atoms with Gasteiger partial charge in [0.25, 0.3) is 0 Å². The van der Waals surface area contributed by atoms with Gasteiger partial charge in [0.15, 0.2) is 0 Å². The third kappa shape index (κ3) is 1.88. The molecule has 2 bridgehead atoms. The summed E-state index contributed by atoms with van der Waals surface area (Å²) in [6, 6.07) is 0. The molecular weight excluding hydrogens is 288 g/mol. The number of aliphatic hydroxyl groups is 3. The molecule has 3 N–H and O–H groups in total. The van der Waals surface area contributed by atoms with Crippen molar-refractivity contribution in [3.05, 3.63) is 0 Å². The van der Waals surface area contributed by atoms with Crippen LogP contribution in [0, 0.1) is 34.0 Å². The van der Waals surface area contributed by atoms with Crippen LogP contribution in [-0.4, -0.2) is 33.1 Å². The molecule has 1 unspecified atom stereocenters. The van der Waals surface area contributed by atoms with Crippen molar-refractivity contribution in [3.63, 3.8) is 0 Å². The largest absolute Gasteiger partial charge is 0.393 e. The minimum atomic E-state index is -0.726. The highest BCUT2D eigenvalue weighted by Gasteiger charge is 2.72. The number of hydrogen-bond donors (Lipinski definition) is 3. The molecule has 23 heavy (non-hydrogen) atoms. The Morgan fingerprint density at radius 1 is 0.826 bits per heavy atom. The van der Waals surface area contributed by atoms with Crippen LogP contribution in [0.15, 0.2) is 0 Å². The molecule has 0 radical (unpaired) electrons. The zero-order chi connectivity index (χ0) is 16.8. The van der Waals surface area contributed by atoms with Gasteiger partial charge in [-0.25, -0.2) is 0 Å². The third-order valence-corrected chi connectivity index (χ3v) is 8.96. The average molecular weight is 322 g/mol. The van der Waals surface area contributed by atoms with Gasteiger partial charge in [0, 0.05) is 11.8 Å². The van der Waals surface area contributed by atoms with Gasteiger partial charge >= 0.3 is 0 Å². The fourth-order valence-corrected chi connectivity index (χ4v) is 8.20. The van der Waals surface area contributed by atoms with Gasteiger partial charge in [-0.05, 0) is 74.0 Å². The van der Waals surface area contributed by atoms with E-state index < -0.39 is 11.7 Å². The Bertz CT molecular complexity index is 513. The number of fused-ring (bicyclic) bond motifs is 2. The molecule has 0 amide bonds. The van der Waals surface area contributed by atoms with Crippen molar-refractivity contribution < 1.29 is 15.3 Å². The summed E-state index contributed by atoms with van der Waals surface area (Å²) in [7, 11) is 0. The Kier molecular flexibility index (Phi) is 3.22. The normalized spacial score (nSPS) is 60.9. The van der Waals surface area contributed by atoms with Crippen LogP contribution in [0.2, 0.25) is 0 Å². The van der Waals surface area contributed by atoms with E-state index in [-0.39, 0.29) is 22.3 Å². The van der Waals surface area contributed by atoms with Crippen LogP contribution in [0.3, 0.4) is 0 Å². The molecule has 8 atom stereocenters. The van der Waals surface area contributed by atoms with Crippen molar-refractivity contribution in [2.24, 2.45) is 34.0 Å². The second-order valence-corrected chi connectivity index (χ2v) is 10.5. The van der Waals surface area contributed by atoms with Gasteiger partial charge in [-0.2, -0.15) is 0 Å². The van der Waals surface area contributed by atoms with E-state index in [0.29, 0.717) is 24.2 Å². The van der Waals surface area contributed by atoms with Crippen molar-refractivity contribution in [1.82, 2.24) is 0 Å². The van der Waals surface area contributed by atoms with Crippen LogP contribution in [0.5, 0.6) is 0 Å². The van der Waals surface area contributed by atoms with E-state index in [9.17, 15) is 15.3 Å². The standard InChI is InChI=1S/C20H34O3/c1-17(2)9-14(21)10-18(3)15(17)6-5-12-7-13-8-20(12,18)16(22)11-19(13,4)23/h12-16,21-23H,5-11H2,1-4H3/t12-,13-,14-,15-,16?,18-,19-,20+/m0/s1. The predicted octanol–water partition coefficient (Wildman–Crippen LogP) is 3.11. The zero-order valence-electron chi connectivity index (χ0n) is 15.2. The Balaban J connectivity index is 1.83. The smallest absolute Gasteiger partial charge is 0.0672 e. The fourth-order valence-electron chi connectivity index (χ4n) is 8.20. The Morgan fingerprint density at radius 3 is 2.22 bits per heavy atom. The van der Waals surface area contributed by atoms with Gasteiger partial charge < -0.3 is 15.3 Å². The molecule has 0 aliphatic heterocycles. The first-order valence-electron chi connectivity index (χ1n) is 9.61. The molecule has 4 saturated carbocycles. The zero-order valence-corrected chi connectivity index (χ0v) is 15.2. The van der Waals surface area contributed by atoms with Gasteiger partial charge in [0.1, 0.15) is 0 Å². The second-order valence-electron chi connectivity index (χ2n) is 10.5. The Morgan fingerprint density at radius 2 is 1.52 bits per heavy atom. The summed E-state index contributed by atoms with van der Waals surface area (Å²) in [5.74, 6) is 1.39. The van der Waals surface area contributed by atoms with E-state index in [1.54, 1.807) is 0 Å². The van der Waals surface area contributed by atoms with Crippen molar-refractivity contribution >= 4 is 0 Å². The molecule has 4 fully saturated rings. The highest BCUT2D eigenvalue weighted by Crippen LogP contribution is 2.75. The van der Waals surface area contributed by atoms with Gasteiger partial charge in [0.05, 0.1) is 17.8 Å². The molecular formula is C20H34O3. The van der Waals surface area contributed by atoms with Crippen molar-refractivity contribution in [3.8, 4) is 0 Å². The molecule has 1 spiro atoms. The lowest BCUT2D eigenvalue weighted by Crippen LogP contribution is -2.65. The number of rotatable bonds is 0. The second kappa shape index (κ2) is 4.53. The lowest BCUT2D eigenvalue weighted by molar-refractivity contribution is -0.234. The number of hydrogen-bond acceptors (Lipinski definition) is 3. The molecule has 0 aromatic heterocycles. The molecule has 4 aliphatic carbocycles. The van der Waals surface area contributed by atoms with Crippen LogP contribution in [0.4, 0.5) is 0 Å². The Hall–Kier alpha value is -0.120. The maximum atomic E-state index is 11.2. The van der Waals surface area contributed by atoms with Gasteiger partial charge in [-0.1, -0.05) is 20.8 Å². The molecule has 3 nitrogen and oxygen atoms in total. The predicted molar refractivity (Wildman–Crippen MR) is 89.7 cm³/mol. The molecule has 0 aromatic carbocycles. The highest BCUT2D eigenvalue weighted by atomic mass is 16.3.